The third-order valence-electron chi connectivity index (χ3n) is 5.25. The number of hydrogen-bond acceptors (Lipinski definition) is 3. The van der Waals surface area contributed by atoms with Crippen LogP contribution in [0.2, 0.25) is 0 Å². The second kappa shape index (κ2) is 6.80. The molecule has 2 rings (SSSR count). The summed E-state index contributed by atoms with van der Waals surface area (Å²) in [5.41, 5.74) is 7.54. The second-order valence-electron chi connectivity index (χ2n) is 6.78. The molecule has 0 saturated carbocycles. The molecule has 3 nitrogen and oxygen atoms in total. The zero-order valence-corrected chi connectivity index (χ0v) is 13.9. The standard InChI is InChI=1S/C18H30N2O/c1-14-6-5-11-20(15(14)2)18(3,13-19)12-16-7-9-17(21-4)10-8-16/h7-10,14-15H,5-6,11-13,19H2,1-4H3. The Balaban J connectivity index is 2.15. The van der Waals surface area contributed by atoms with Crippen LogP contribution in [0, 0.1) is 5.92 Å². The van der Waals surface area contributed by atoms with Gasteiger partial charge in [0.1, 0.15) is 5.75 Å². The maximum atomic E-state index is 6.18. The zero-order valence-electron chi connectivity index (χ0n) is 13.9. The molecule has 1 aliphatic heterocycles. The molecule has 0 amide bonds. The molecule has 1 aromatic carbocycles. The maximum absolute atomic E-state index is 6.18. The monoisotopic (exact) mass is 290 g/mol. The SMILES string of the molecule is COc1ccc(CC(C)(CN)N2CCCC(C)C2C)cc1. The largest absolute Gasteiger partial charge is 0.497 e. The Hall–Kier alpha value is -1.06. The number of rotatable bonds is 5. The van der Waals surface area contributed by atoms with Gasteiger partial charge in [-0.1, -0.05) is 19.1 Å². The lowest BCUT2D eigenvalue weighted by atomic mass is 9.83. The maximum Gasteiger partial charge on any atom is 0.118 e. The first-order valence-corrected chi connectivity index (χ1v) is 8.10. The Morgan fingerprint density at radius 3 is 2.52 bits per heavy atom. The number of benzene rings is 1. The third kappa shape index (κ3) is 3.58. The summed E-state index contributed by atoms with van der Waals surface area (Å²) in [6.45, 7) is 8.88. The summed E-state index contributed by atoms with van der Waals surface area (Å²) < 4.78 is 5.24. The molecular weight excluding hydrogens is 260 g/mol. The van der Waals surface area contributed by atoms with Gasteiger partial charge in [-0.05, 0) is 63.3 Å². The molecule has 0 aromatic heterocycles. The van der Waals surface area contributed by atoms with Crippen LogP contribution in [-0.2, 0) is 6.42 Å². The van der Waals surface area contributed by atoms with Crippen LogP contribution >= 0.6 is 0 Å². The molecule has 0 bridgehead atoms. The summed E-state index contributed by atoms with van der Waals surface area (Å²) in [5, 5.41) is 0. The van der Waals surface area contributed by atoms with E-state index in [-0.39, 0.29) is 5.54 Å². The summed E-state index contributed by atoms with van der Waals surface area (Å²) in [5.74, 6) is 1.66. The van der Waals surface area contributed by atoms with E-state index in [0.717, 1.165) is 24.6 Å². The average molecular weight is 290 g/mol. The van der Waals surface area contributed by atoms with Gasteiger partial charge in [-0.2, -0.15) is 0 Å². The number of likely N-dealkylation sites (tertiary alicyclic amines) is 1. The molecule has 1 fully saturated rings. The Kier molecular flexibility index (Phi) is 5.28. The third-order valence-corrected chi connectivity index (χ3v) is 5.25. The number of ether oxygens (including phenoxy) is 1. The van der Waals surface area contributed by atoms with Gasteiger partial charge in [0, 0.05) is 18.1 Å². The number of piperidine rings is 1. The van der Waals surface area contributed by atoms with Crippen molar-refractivity contribution in [3.05, 3.63) is 29.8 Å². The summed E-state index contributed by atoms with van der Waals surface area (Å²) >= 11 is 0. The summed E-state index contributed by atoms with van der Waals surface area (Å²) in [4.78, 5) is 2.63. The van der Waals surface area contributed by atoms with E-state index >= 15 is 0 Å². The molecule has 0 radical (unpaired) electrons. The molecule has 118 valence electrons. The van der Waals surface area contributed by atoms with Crippen LogP contribution in [0.4, 0.5) is 0 Å². The summed E-state index contributed by atoms with van der Waals surface area (Å²) in [6.07, 6.45) is 3.61. The van der Waals surface area contributed by atoms with Crippen molar-refractivity contribution in [3.63, 3.8) is 0 Å². The first kappa shape index (κ1) is 16.3. The molecule has 1 heterocycles. The van der Waals surface area contributed by atoms with Gasteiger partial charge in [0.15, 0.2) is 0 Å². The van der Waals surface area contributed by atoms with Crippen molar-refractivity contribution in [2.45, 2.75) is 51.6 Å². The fourth-order valence-electron chi connectivity index (χ4n) is 3.57. The molecule has 0 aliphatic carbocycles. The Morgan fingerprint density at radius 1 is 1.29 bits per heavy atom. The summed E-state index contributed by atoms with van der Waals surface area (Å²) in [7, 11) is 1.70. The van der Waals surface area contributed by atoms with Crippen molar-refractivity contribution in [1.82, 2.24) is 4.90 Å². The normalized spacial score (nSPS) is 26.3. The van der Waals surface area contributed by atoms with Gasteiger partial charge in [-0.15, -0.1) is 0 Å². The number of methoxy groups -OCH3 is 1. The van der Waals surface area contributed by atoms with E-state index in [0.29, 0.717) is 12.6 Å². The molecule has 1 aromatic rings. The lowest BCUT2D eigenvalue weighted by molar-refractivity contribution is 0.0147. The van der Waals surface area contributed by atoms with E-state index < -0.39 is 0 Å². The van der Waals surface area contributed by atoms with Gasteiger partial charge in [0.05, 0.1) is 7.11 Å². The fraction of sp³-hybridized carbons (Fsp3) is 0.667. The van der Waals surface area contributed by atoms with Gasteiger partial charge in [-0.25, -0.2) is 0 Å². The van der Waals surface area contributed by atoms with Gasteiger partial charge < -0.3 is 10.5 Å². The van der Waals surface area contributed by atoms with Gasteiger partial charge >= 0.3 is 0 Å². The van der Waals surface area contributed by atoms with Crippen LogP contribution < -0.4 is 10.5 Å². The molecule has 1 aliphatic rings. The van der Waals surface area contributed by atoms with Crippen molar-refractivity contribution < 1.29 is 4.74 Å². The fourth-order valence-corrected chi connectivity index (χ4v) is 3.57. The van der Waals surface area contributed by atoms with Gasteiger partial charge in [-0.3, -0.25) is 4.90 Å². The van der Waals surface area contributed by atoms with Gasteiger partial charge in [0.2, 0.25) is 0 Å². The number of hydrogen-bond donors (Lipinski definition) is 1. The van der Waals surface area contributed by atoms with E-state index in [2.05, 4.69) is 37.8 Å². The molecule has 3 heteroatoms. The van der Waals surface area contributed by atoms with Crippen LogP contribution in [-0.4, -0.2) is 36.7 Å². The van der Waals surface area contributed by atoms with Crippen molar-refractivity contribution >= 4 is 0 Å². The van der Waals surface area contributed by atoms with Crippen LogP contribution in [0.1, 0.15) is 39.2 Å². The molecule has 1 saturated heterocycles. The number of nitrogens with zero attached hydrogens (tertiary/aromatic N) is 1. The molecule has 0 spiro atoms. The first-order valence-electron chi connectivity index (χ1n) is 8.10. The summed E-state index contributed by atoms with van der Waals surface area (Å²) in [6, 6.07) is 8.99. The highest BCUT2D eigenvalue weighted by Gasteiger charge is 2.37. The van der Waals surface area contributed by atoms with Gasteiger partial charge in [0.25, 0.3) is 0 Å². The van der Waals surface area contributed by atoms with E-state index in [9.17, 15) is 0 Å². The van der Waals surface area contributed by atoms with Crippen LogP contribution in [0.25, 0.3) is 0 Å². The molecular formula is C18H30N2O. The zero-order chi connectivity index (χ0) is 15.5. The number of nitrogens with two attached hydrogens (primary N) is 1. The Bertz CT molecular complexity index is 445. The van der Waals surface area contributed by atoms with Crippen molar-refractivity contribution in [2.75, 3.05) is 20.2 Å². The van der Waals surface area contributed by atoms with Crippen LogP contribution in [0.3, 0.4) is 0 Å². The van der Waals surface area contributed by atoms with Crippen molar-refractivity contribution in [1.29, 1.82) is 0 Å². The molecule has 3 unspecified atom stereocenters. The minimum absolute atomic E-state index is 0.0304. The highest BCUT2D eigenvalue weighted by Crippen LogP contribution is 2.31. The predicted molar refractivity (Wildman–Crippen MR) is 88.7 cm³/mol. The smallest absolute Gasteiger partial charge is 0.118 e. The van der Waals surface area contributed by atoms with Crippen molar-refractivity contribution in [3.8, 4) is 5.75 Å². The van der Waals surface area contributed by atoms with E-state index in [1.165, 1.54) is 18.4 Å². The second-order valence-corrected chi connectivity index (χ2v) is 6.78. The molecule has 21 heavy (non-hydrogen) atoms. The van der Waals surface area contributed by atoms with E-state index in [1.54, 1.807) is 7.11 Å². The minimum Gasteiger partial charge on any atom is -0.497 e. The lowest BCUT2D eigenvalue weighted by Crippen LogP contribution is -2.59. The minimum atomic E-state index is 0.0304. The highest BCUT2D eigenvalue weighted by atomic mass is 16.5. The topological polar surface area (TPSA) is 38.5 Å². The highest BCUT2D eigenvalue weighted by molar-refractivity contribution is 5.28. The predicted octanol–water partition coefficient (Wildman–Crippen LogP) is 3.08. The van der Waals surface area contributed by atoms with Crippen LogP contribution in [0.5, 0.6) is 5.75 Å². The molecule has 2 N–H and O–H groups in total. The lowest BCUT2D eigenvalue weighted by Gasteiger charge is -2.49. The average Bonchev–Trinajstić information content (AvgIpc) is 2.50. The quantitative estimate of drug-likeness (QED) is 0.905. The first-order chi connectivity index (χ1) is 10.00. The van der Waals surface area contributed by atoms with Crippen molar-refractivity contribution in [2.24, 2.45) is 11.7 Å². The molecule has 3 atom stereocenters. The Morgan fingerprint density at radius 2 is 1.95 bits per heavy atom. The van der Waals surface area contributed by atoms with E-state index in [4.69, 9.17) is 10.5 Å². The van der Waals surface area contributed by atoms with Crippen LogP contribution in [0.15, 0.2) is 24.3 Å². The van der Waals surface area contributed by atoms with E-state index in [1.807, 2.05) is 12.1 Å². The Labute approximate surface area is 129 Å².